The van der Waals surface area contributed by atoms with Crippen molar-refractivity contribution in [2.75, 3.05) is 12.8 Å². The fourth-order valence-electron chi connectivity index (χ4n) is 0.842. The van der Waals surface area contributed by atoms with Gasteiger partial charge in [-0.15, -0.1) is 12.4 Å². The van der Waals surface area contributed by atoms with Crippen LogP contribution in [0.5, 0.6) is 0 Å². The normalized spacial score (nSPS) is 8.93. The number of hydrogen-bond donors (Lipinski definition) is 1. The molecule has 0 aromatic carbocycles. The molecule has 6 heteroatoms. The van der Waals surface area contributed by atoms with E-state index < -0.39 is 0 Å². The van der Waals surface area contributed by atoms with Gasteiger partial charge in [0.1, 0.15) is 0 Å². The molecule has 5 nitrogen and oxygen atoms in total. The first kappa shape index (κ1) is 12.6. The number of methoxy groups -OCH3 is 1. The van der Waals surface area contributed by atoms with Gasteiger partial charge in [0.25, 0.3) is 0 Å². The summed E-state index contributed by atoms with van der Waals surface area (Å²) in [6.45, 7) is 0. The molecule has 1 rings (SSSR count). The highest BCUT2D eigenvalue weighted by Gasteiger charge is 2.01. The van der Waals surface area contributed by atoms with Crippen molar-refractivity contribution in [3.8, 4) is 0 Å². The predicted octanol–water partition coefficient (Wildman–Crippen LogP) is 0.586. The molecule has 1 heterocycles. The smallest absolute Gasteiger partial charge is 0.305 e. The van der Waals surface area contributed by atoms with Crippen LogP contribution in [0.15, 0.2) is 12.4 Å². The summed E-state index contributed by atoms with van der Waals surface area (Å²) in [5.41, 5.74) is 6.17. The van der Waals surface area contributed by atoms with Crippen LogP contribution in [0.25, 0.3) is 0 Å². The molecule has 0 saturated carbocycles. The van der Waals surface area contributed by atoms with Crippen LogP contribution >= 0.6 is 12.4 Å². The Balaban J connectivity index is 0.00000169. The molecule has 2 N–H and O–H groups in total. The molecule has 0 bridgehead atoms. The lowest BCUT2D eigenvalue weighted by atomic mass is 10.2. The van der Waals surface area contributed by atoms with E-state index in [0.717, 1.165) is 5.56 Å². The van der Waals surface area contributed by atoms with Gasteiger partial charge in [-0.3, -0.25) is 4.79 Å². The van der Waals surface area contributed by atoms with Gasteiger partial charge in [-0.1, -0.05) is 0 Å². The number of carbonyl (C=O) groups excluding carboxylic acids is 1. The topological polar surface area (TPSA) is 78.1 Å². The first-order chi connectivity index (χ1) is 6.22. The van der Waals surface area contributed by atoms with Crippen LogP contribution in [-0.4, -0.2) is 23.0 Å². The number of nitrogens with two attached hydrogens (primary N) is 1. The standard InChI is InChI=1S/C8H11N3O2.ClH/c1-13-7(12)3-2-6-4-10-8(9)11-5-6;/h4-5H,2-3H2,1H3,(H2,9,10,11);1H. The minimum absolute atomic E-state index is 0. The van der Waals surface area contributed by atoms with Crippen molar-refractivity contribution in [3.63, 3.8) is 0 Å². The number of nitrogens with zero attached hydrogens (tertiary/aromatic N) is 2. The number of nitrogen functional groups attached to an aromatic ring is 1. The van der Waals surface area contributed by atoms with Crippen molar-refractivity contribution in [1.29, 1.82) is 0 Å². The van der Waals surface area contributed by atoms with Crippen molar-refractivity contribution in [1.82, 2.24) is 9.97 Å². The lowest BCUT2D eigenvalue weighted by molar-refractivity contribution is -0.140. The minimum atomic E-state index is -0.239. The van der Waals surface area contributed by atoms with Crippen LogP contribution in [0, 0.1) is 0 Å². The lowest BCUT2D eigenvalue weighted by Gasteiger charge is -1.99. The Hall–Kier alpha value is -1.36. The molecule has 1 aromatic rings. The fourth-order valence-corrected chi connectivity index (χ4v) is 0.842. The van der Waals surface area contributed by atoms with Crippen molar-refractivity contribution < 1.29 is 9.53 Å². The molecular formula is C8H12ClN3O2. The molecule has 14 heavy (non-hydrogen) atoms. The quantitative estimate of drug-likeness (QED) is 0.750. The van der Waals surface area contributed by atoms with E-state index in [4.69, 9.17) is 5.73 Å². The van der Waals surface area contributed by atoms with Gasteiger partial charge in [0.2, 0.25) is 5.95 Å². The van der Waals surface area contributed by atoms with Crippen LogP contribution in [-0.2, 0) is 16.0 Å². The molecule has 1 aromatic heterocycles. The number of esters is 1. The highest BCUT2D eigenvalue weighted by Crippen LogP contribution is 2.01. The Morgan fingerprint density at radius 1 is 1.50 bits per heavy atom. The van der Waals surface area contributed by atoms with Crippen molar-refractivity contribution in [2.24, 2.45) is 0 Å². The zero-order chi connectivity index (χ0) is 9.68. The number of rotatable bonds is 3. The maximum atomic E-state index is 10.8. The highest BCUT2D eigenvalue weighted by atomic mass is 35.5. The van der Waals surface area contributed by atoms with Gasteiger partial charge in [-0.25, -0.2) is 9.97 Å². The third-order valence-corrected chi connectivity index (χ3v) is 1.57. The number of hydrogen-bond acceptors (Lipinski definition) is 5. The van der Waals surface area contributed by atoms with Crippen LogP contribution < -0.4 is 5.73 Å². The average Bonchev–Trinajstić information content (AvgIpc) is 2.16. The van der Waals surface area contributed by atoms with Gasteiger partial charge < -0.3 is 10.5 Å². The summed E-state index contributed by atoms with van der Waals surface area (Å²) < 4.78 is 4.49. The van der Waals surface area contributed by atoms with E-state index in [2.05, 4.69) is 14.7 Å². The summed E-state index contributed by atoms with van der Waals surface area (Å²) in [7, 11) is 1.36. The maximum absolute atomic E-state index is 10.8. The maximum Gasteiger partial charge on any atom is 0.305 e. The van der Waals surface area contributed by atoms with Crippen LogP contribution in [0.4, 0.5) is 5.95 Å². The summed E-state index contributed by atoms with van der Waals surface area (Å²) in [6, 6.07) is 0. The first-order valence-electron chi connectivity index (χ1n) is 3.85. The fraction of sp³-hybridized carbons (Fsp3) is 0.375. The lowest BCUT2D eigenvalue weighted by Crippen LogP contribution is -2.03. The zero-order valence-electron chi connectivity index (χ0n) is 7.77. The molecule has 0 aliphatic carbocycles. The number of ether oxygens (including phenoxy) is 1. The third-order valence-electron chi connectivity index (χ3n) is 1.57. The van der Waals surface area contributed by atoms with Crippen molar-refractivity contribution >= 4 is 24.3 Å². The first-order valence-corrected chi connectivity index (χ1v) is 3.85. The monoisotopic (exact) mass is 217 g/mol. The van der Waals surface area contributed by atoms with Gasteiger partial charge in [0.15, 0.2) is 0 Å². The van der Waals surface area contributed by atoms with Crippen LogP contribution in [0.3, 0.4) is 0 Å². The summed E-state index contributed by atoms with van der Waals surface area (Å²) in [5, 5.41) is 0. The number of halogens is 1. The molecule has 0 spiro atoms. The van der Waals surface area contributed by atoms with E-state index in [9.17, 15) is 4.79 Å². The number of aryl methyl sites for hydroxylation is 1. The largest absolute Gasteiger partial charge is 0.469 e. The van der Waals surface area contributed by atoms with E-state index >= 15 is 0 Å². The molecule has 0 saturated heterocycles. The zero-order valence-corrected chi connectivity index (χ0v) is 8.58. The molecular weight excluding hydrogens is 206 g/mol. The molecule has 0 unspecified atom stereocenters. The Morgan fingerprint density at radius 3 is 2.57 bits per heavy atom. The summed E-state index contributed by atoms with van der Waals surface area (Å²) in [4.78, 5) is 18.4. The van der Waals surface area contributed by atoms with Crippen molar-refractivity contribution in [2.45, 2.75) is 12.8 Å². The summed E-state index contributed by atoms with van der Waals surface area (Å²) in [5.74, 6) is -0.00126. The number of carbonyl (C=O) groups is 1. The van der Waals surface area contributed by atoms with Gasteiger partial charge in [-0.2, -0.15) is 0 Å². The molecule has 0 aliphatic rings. The summed E-state index contributed by atoms with van der Waals surface area (Å²) in [6.07, 6.45) is 4.12. The van der Waals surface area contributed by atoms with E-state index in [-0.39, 0.29) is 24.3 Å². The predicted molar refractivity (Wildman–Crippen MR) is 54.0 cm³/mol. The van der Waals surface area contributed by atoms with E-state index in [1.54, 1.807) is 12.4 Å². The molecule has 0 atom stereocenters. The SMILES string of the molecule is COC(=O)CCc1cnc(N)nc1.Cl. The van der Waals surface area contributed by atoms with Gasteiger partial charge in [-0.05, 0) is 12.0 Å². The van der Waals surface area contributed by atoms with Gasteiger partial charge >= 0.3 is 5.97 Å². The molecule has 0 aliphatic heterocycles. The van der Waals surface area contributed by atoms with E-state index in [0.29, 0.717) is 12.8 Å². The average molecular weight is 218 g/mol. The Morgan fingerprint density at radius 2 is 2.07 bits per heavy atom. The van der Waals surface area contributed by atoms with Gasteiger partial charge in [0.05, 0.1) is 7.11 Å². The number of anilines is 1. The Labute approximate surface area is 88.1 Å². The van der Waals surface area contributed by atoms with Crippen molar-refractivity contribution in [3.05, 3.63) is 18.0 Å². The molecule has 0 radical (unpaired) electrons. The Kier molecular flexibility index (Phi) is 5.55. The summed E-state index contributed by atoms with van der Waals surface area (Å²) >= 11 is 0. The molecule has 78 valence electrons. The second-order valence-corrected chi connectivity index (χ2v) is 2.53. The van der Waals surface area contributed by atoms with Crippen LogP contribution in [0.1, 0.15) is 12.0 Å². The Bertz CT molecular complexity index is 289. The minimum Gasteiger partial charge on any atom is -0.469 e. The van der Waals surface area contributed by atoms with E-state index in [1.165, 1.54) is 7.11 Å². The second-order valence-electron chi connectivity index (χ2n) is 2.53. The van der Waals surface area contributed by atoms with Crippen LogP contribution in [0.2, 0.25) is 0 Å². The molecule has 0 amide bonds. The second kappa shape index (κ2) is 6.15. The van der Waals surface area contributed by atoms with Gasteiger partial charge in [0, 0.05) is 18.8 Å². The number of aromatic nitrogens is 2. The highest BCUT2D eigenvalue weighted by molar-refractivity contribution is 5.85. The third kappa shape index (κ3) is 4.04. The van der Waals surface area contributed by atoms with E-state index in [1.807, 2.05) is 0 Å². The molecule has 0 fully saturated rings.